The fraction of sp³-hybridized carbons (Fsp3) is 0.385. The molecule has 1 rings (SSSR count). The van der Waals surface area contributed by atoms with Gasteiger partial charge in [0.05, 0.1) is 5.54 Å². The molecular weight excluding hydrogens is 264 g/mol. The molecule has 0 heterocycles. The van der Waals surface area contributed by atoms with Crippen LogP contribution in [0.1, 0.15) is 19.4 Å². The molecule has 7 heteroatoms. The second kappa shape index (κ2) is 5.79. The monoisotopic (exact) mass is 282 g/mol. The van der Waals surface area contributed by atoms with E-state index in [0.717, 1.165) is 0 Å². The molecule has 110 valence electrons. The van der Waals surface area contributed by atoms with E-state index in [9.17, 15) is 19.8 Å². The molecule has 1 amide bonds. The number of aromatic hydroxyl groups is 2. The zero-order valence-corrected chi connectivity index (χ0v) is 11.3. The van der Waals surface area contributed by atoms with Crippen molar-refractivity contribution in [2.45, 2.75) is 31.8 Å². The Hall–Kier alpha value is -2.28. The maximum Gasteiger partial charge on any atom is 0.326 e. The molecule has 20 heavy (non-hydrogen) atoms. The number of carbonyl (C=O) groups is 2. The van der Waals surface area contributed by atoms with Gasteiger partial charge in [0.2, 0.25) is 5.91 Å². The van der Waals surface area contributed by atoms with Gasteiger partial charge in [0.1, 0.15) is 6.04 Å². The summed E-state index contributed by atoms with van der Waals surface area (Å²) >= 11 is 0. The number of carbonyl (C=O) groups excluding carboxylic acids is 1. The Morgan fingerprint density at radius 1 is 1.30 bits per heavy atom. The molecule has 1 aromatic rings. The predicted octanol–water partition coefficient (Wildman–Crippen LogP) is -0.0530. The minimum atomic E-state index is -1.21. The molecule has 0 saturated carbocycles. The van der Waals surface area contributed by atoms with Gasteiger partial charge in [-0.2, -0.15) is 0 Å². The third kappa shape index (κ3) is 4.13. The van der Waals surface area contributed by atoms with Crippen LogP contribution in [0, 0.1) is 0 Å². The third-order valence-corrected chi connectivity index (χ3v) is 2.67. The summed E-state index contributed by atoms with van der Waals surface area (Å²) in [7, 11) is 0. The minimum Gasteiger partial charge on any atom is -0.504 e. The number of rotatable bonds is 5. The van der Waals surface area contributed by atoms with Crippen LogP contribution in [0.3, 0.4) is 0 Å². The van der Waals surface area contributed by atoms with Crippen LogP contribution in [0.25, 0.3) is 0 Å². The van der Waals surface area contributed by atoms with E-state index in [2.05, 4.69) is 5.32 Å². The quantitative estimate of drug-likeness (QED) is 0.481. The molecule has 0 aliphatic rings. The second-order valence-corrected chi connectivity index (χ2v) is 5.11. The molecule has 1 aromatic carbocycles. The first kappa shape index (κ1) is 15.8. The smallest absolute Gasteiger partial charge is 0.326 e. The van der Waals surface area contributed by atoms with E-state index in [1.165, 1.54) is 32.0 Å². The highest BCUT2D eigenvalue weighted by molar-refractivity contribution is 5.89. The molecule has 1 atom stereocenters. The van der Waals surface area contributed by atoms with E-state index in [1.807, 2.05) is 0 Å². The van der Waals surface area contributed by atoms with Gasteiger partial charge in [-0.3, -0.25) is 4.79 Å². The van der Waals surface area contributed by atoms with Crippen molar-refractivity contribution in [2.75, 3.05) is 0 Å². The lowest BCUT2D eigenvalue weighted by molar-refractivity contribution is -0.142. The van der Waals surface area contributed by atoms with Gasteiger partial charge in [-0.25, -0.2) is 4.79 Å². The zero-order chi connectivity index (χ0) is 15.5. The van der Waals surface area contributed by atoms with Crippen LogP contribution in [0.5, 0.6) is 11.5 Å². The summed E-state index contributed by atoms with van der Waals surface area (Å²) in [6.07, 6.45) is -0.0367. The number of phenolic OH excluding ortho intramolecular Hbond substituents is 2. The number of nitrogens with one attached hydrogen (secondary N) is 1. The van der Waals surface area contributed by atoms with E-state index in [0.29, 0.717) is 5.56 Å². The van der Waals surface area contributed by atoms with Crippen LogP contribution in [0.4, 0.5) is 0 Å². The SMILES string of the molecule is CC(C)(N)C(=O)N[C@@H](Cc1ccc(O)c(O)c1)C(=O)O. The van der Waals surface area contributed by atoms with Crippen LogP contribution >= 0.6 is 0 Å². The van der Waals surface area contributed by atoms with Crippen molar-refractivity contribution >= 4 is 11.9 Å². The zero-order valence-electron chi connectivity index (χ0n) is 11.3. The molecule has 0 spiro atoms. The fourth-order valence-electron chi connectivity index (χ4n) is 1.48. The summed E-state index contributed by atoms with van der Waals surface area (Å²) in [5, 5.41) is 30.0. The van der Waals surface area contributed by atoms with Crippen LogP contribution < -0.4 is 11.1 Å². The average Bonchev–Trinajstić information content (AvgIpc) is 2.31. The lowest BCUT2D eigenvalue weighted by Crippen LogP contribution is -2.54. The van der Waals surface area contributed by atoms with E-state index in [-0.39, 0.29) is 17.9 Å². The van der Waals surface area contributed by atoms with Crippen molar-refractivity contribution in [1.82, 2.24) is 5.32 Å². The van der Waals surface area contributed by atoms with Gasteiger partial charge in [0.15, 0.2) is 11.5 Å². The van der Waals surface area contributed by atoms with Gasteiger partial charge in [-0.15, -0.1) is 0 Å². The summed E-state index contributed by atoms with van der Waals surface area (Å²) in [6, 6.07) is 2.78. The Labute approximate surface area is 116 Å². The molecule has 0 aliphatic heterocycles. The standard InChI is InChI=1S/C13H18N2O5/c1-13(2,14)12(20)15-8(11(18)19)5-7-3-4-9(16)10(17)6-7/h3-4,6,8,16-17H,5,14H2,1-2H3,(H,15,20)(H,18,19)/t8-/m0/s1. The number of benzene rings is 1. The summed E-state index contributed by atoms with van der Waals surface area (Å²) in [5.41, 5.74) is 4.86. The normalized spacial score (nSPS) is 12.8. The maximum absolute atomic E-state index is 11.7. The Bertz CT molecular complexity index is 522. The second-order valence-electron chi connectivity index (χ2n) is 5.11. The van der Waals surface area contributed by atoms with E-state index in [4.69, 9.17) is 10.8 Å². The molecule has 0 aliphatic carbocycles. The van der Waals surface area contributed by atoms with Crippen molar-refractivity contribution in [2.24, 2.45) is 5.73 Å². The lowest BCUT2D eigenvalue weighted by Gasteiger charge is -2.22. The van der Waals surface area contributed by atoms with Gasteiger partial charge in [-0.1, -0.05) is 6.07 Å². The molecule has 6 N–H and O–H groups in total. The Morgan fingerprint density at radius 3 is 2.35 bits per heavy atom. The van der Waals surface area contributed by atoms with E-state index in [1.54, 1.807) is 0 Å². The largest absolute Gasteiger partial charge is 0.504 e. The van der Waals surface area contributed by atoms with Gasteiger partial charge < -0.3 is 26.4 Å². The van der Waals surface area contributed by atoms with Crippen molar-refractivity contribution in [3.05, 3.63) is 23.8 Å². The first-order chi connectivity index (χ1) is 9.11. The highest BCUT2D eigenvalue weighted by Crippen LogP contribution is 2.25. The number of hydrogen-bond donors (Lipinski definition) is 5. The molecule has 7 nitrogen and oxygen atoms in total. The summed E-state index contributed by atoms with van der Waals surface area (Å²) in [4.78, 5) is 22.9. The number of hydrogen-bond acceptors (Lipinski definition) is 5. The summed E-state index contributed by atoms with van der Waals surface area (Å²) < 4.78 is 0. The van der Waals surface area contributed by atoms with Crippen LogP contribution in [0.15, 0.2) is 18.2 Å². The molecule has 0 radical (unpaired) electrons. The predicted molar refractivity (Wildman–Crippen MR) is 71.3 cm³/mol. The third-order valence-electron chi connectivity index (χ3n) is 2.67. The van der Waals surface area contributed by atoms with E-state index >= 15 is 0 Å². The molecular formula is C13H18N2O5. The number of nitrogens with two attached hydrogens (primary N) is 1. The van der Waals surface area contributed by atoms with E-state index < -0.39 is 23.5 Å². The summed E-state index contributed by atoms with van der Waals surface area (Å²) in [5.74, 6) is -2.45. The Morgan fingerprint density at radius 2 is 1.90 bits per heavy atom. The van der Waals surface area contributed by atoms with Crippen LogP contribution in [0.2, 0.25) is 0 Å². The van der Waals surface area contributed by atoms with Crippen molar-refractivity contribution in [3.8, 4) is 11.5 Å². The number of phenols is 2. The Balaban J connectivity index is 2.85. The van der Waals surface area contributed by atoms with Crippen molar-refractivity contribution in [3.63, 3.8) is 0 Å². The van der Waals surface area contributed by atoms with Crippen LogP contribution in [-0.2, 0) is 16.0 Å². The lowest BCUT2D eigenvalue weighted by atomic mass is 10.0. The average molecular weight is 282 g/mol. The number of carboxylic acids is 1. The number of amides is 1. The fourth-order valence-corrected chi connectivity index (χ4v) is 1.48. The van der Waals surface area contributed by atoms with Gasteiger partial charge in [-0.05, 0) is 31.5 Å². The Kier molecular flexibility index (Phi) is 4.57. The van der Waals surface area contributed by atoms with Crippen LogP contribution in [-0.4, -0.2) is 38.8 Å². The van der Waals surface area contributed by atoms with Crippen molar-refractivity contribution in [1.29, 1.82) is 0 Å². The number of aliphatic carboxylic acids is 1. The molecule has 0 bridgehead atoms. The molecule has 0 saturated heterocycles. The molecule has 0 unspecified atom stereocenters. The highest BCUT2D eigenvalue weighted by atomic mass is 16.4. The van der Waals surface area contributed by atoms with Gasteiger partial charge >= 0.3 is 5.97 Å². The number of carboxylic acid groups (broad SMARTS) is 1. The minimum absolute atomic E-state index is 0.0367. The molecule has 0 fully saturated rings. The van der Waals surface area contributed by atoms with Gasteiger partial charge in [0.25, 0.3) is 0 Å². The first-order valence-electron chi connectivity index (χ1n) is 5.94. The van der Waals surface area contributed by atoms with Gasteiger partial charge in [0, 0.05) is 6.42 Å². The molecule has 0 aromatic heterocycles. The van der Waals surface area contributed by atoms with Crippen molar-refractivity contribution < 1.29 is 24.9 Å². The summed E-state index contributed by atoms with van der Waals surface area (Å²) in [6.45, 7) is 2.93. The maximum atomic E-state index is 11.7. The highest BCUT2D eigenvalue weighted by Gasteiger charge is 2.28. The first-order valence-corrected chi connectivity index (χ1v) is 5.94. The topological polar surface area (TPSA) is 133 Å².